The second-order valence-electron chi connectivity index (χ2n) is 9.51. The Balaban J connectivity index is 1.42. The fraction of sp³-hybridized carbons (Fsp3) is 0.789. The molecule has 17 nitrogen and oxygen atoms in total. The van der Waals surface area contributed by atoms with E-state index in [2.05, 4.69) is 18.7 Å². The zero-order valence-electron chi connectivity index (χ0n) is 21.2. The molecule has 0 amide bonds. The van der Waals surface area contributed by atoms with Gasteiger partial charge in [-0.05, 0) is 41.9 Å². The molecule has 2 aliphatic heterocycles. The molecular formula is C19H31IN3O14P3. The molecule has 1 aromatic rings. The summed E-state index contributed by atoms with van der Waals surface area (Å²) in [7, 11) is -15.8. The van der Waals surface area contributed by atoms with Crippen LogP contribution in [0.3, 0.4) is 0 Å². The van der Waals surface area contributed by atoms with Crippen molar-refractivity contribution in [2.75, 3.05) is 6.61 Å². The Kier molecular flexibility index (Phi) is 10.7. The Hall–Kier alpha value is -0.300. The summed E-state index contributed by atoms with van der Waals surface area (Å²) in [5, 5.41) is 2.25. The quantitative estimate of drug-likeness (QED) is 0.152. The van der Waals surface area contributed by atoms with E-state index in [0.29, 0.717) is 25.7 Å². The van der Waals surface area contributed by atoms with E-state index >= 15 is 0 Å². The van der Waals surface area contributed by atoms with E-state index in [-0.39, 0.29) is 3.57 Å². The Morgan fingerprint density at radius 2 is 1.73 bits per heavy atom. The number of hydrogen-bond acceptors (Lipinski definition) is 11. The molecule has 0 aromatic carbocycles. The number of halogens is 1. The third-order valence-electron chi connectivity index (χ3n) is 6.40. The van der Waals surface area contributed by atoms with Gasteiger partial charge in [0.05, 0.1) is 10.2 Å². The van der Waals surface area contributed by atoms with Gasteiger partial charge in [0.25, 0.3) is 5.56 Å². The number of fused-ring (bicyclic) bond motifs is 1. The molecule has 8 atom stereocenters. The lowest BCUT2D eigenvalue weighted by Crippen LogP contribution is -2.37. The van der Waals surface area contributed by atoms with Crippen LogP contribution in [0.2, 0.25) is 0 Å². The van der Waals surface area contributed by atoms with Crippen molar-refractivity contribution < 1.29 is 55.7 Å². The van der Waals surface area contributed by atoms with Crippen LogP contribution in [-0.2, 0) is 41.1 Å². The zero-order valence-corrected chi connectivity index (χ0v) is 26.0. The van der Waals surface area contributed by atoms with Crippen LogP contribution in [0, 0.1) is 3.57 Å². The molecule has 40 heavy (non-hydrogen) atoms. The van der Waals surface area contributed by atoms with E-state index < -0.39 is 78.1 Å². The van der Waals surface area contributed by atoms with Crippen molar-refractivity contribution in [3.05, 3.63) is 30.6 Å². The van der Waals surface area contributed by atoms with Crippen molar-refractivity contribution in [1.82, 2.24) is 14.6 Å². The first-order valence-electron chi connectivity index (χ1n) is 12.5. The lowest BCUT2D eigenvalue weighted by atomic mass is 9.96. The standard InChI is InChI=1S/C19H31IN3O14P3/c1-2-6-14-34-15-13(33-18(16(15)35-14)23-9-12(20)17(24)21-19(23)25)10-32-39(28,29)37-40(30,31)36-38(26,27)22-11-7-4-3-5-8-11/h9,11,13-16,18H,2-8,10H2,1H3,(H,28,29)(H,30,31)(H,21,24,25)(H2,22,26,27)/t13-,14?,15+,16?,18-/m1/s1. The maximum Gasteiger partial charge on any atom is 0.489 e. The Morgan fingerprint density at radius 1 is 1.05 bits per heavy atom. The third kappa shape index (κ3) is 8.41. The molecule has 1 aromatic heterocycles. The van der Waals surface area contributed by atoms with E-state index in [1.807, 2.05) is 6.92 Å². The molecular weight excluding hydrogens is 714 g/mol. The maximum atomic E-state index is 12.5. The summed E-state index contributed by atoms with van der Waals surface area (Å²) < 4.78 is 69.3. The average molecular weight is 745 g/mol. The minimum Gasteiger partial charge on any atom is -0.346 e. The predicted molar refractivity (Wildman–Crippen MR) is 144 cm³/mol. The van der Waals surface area contributed by atoms with Crippen molar-refractivity contribution in [1.29, 1.82) is 0 Å². The smallest absolute Gasteiger partial charge is 0.346 e. The van der Waals surface area contributed by atoms with Crippen molar-refractivity contribution in [3.63, 3.8) is 0 Å². The molecule has 3 heterocycles. The van der Waals surface area contributed by atoms with Crippen LogP contribution in [0.5, 0.6) is 0 Å². The van der Waals surface area contributed by atoms with E-state index in [9.17, 15) is 38.0 Å². The fourth-order valence-corrected chi connectivity index (χ4v) is 9.16. The second-order valence-corrected chi connectivity index (χ2v) is 15.4. The zero-order chi connectivity index (χ0) is 29.3. The van der Waals surface area contributed by atoms with Gasteiger partial charge in [-0.1, -0.05) is 32.6 Å². The minimum atomic E-state index is -5.57. The van der Waals surface area contributed by atoms with Crippen LogP contribution < -0.4 is 16.3 Å². The highest BCUT2D eigenvalue weighted by molar-refractivity contribution is 14.1. The van der Waals surface area contributed by atoms with Gasteiger partial charge in [0.2, 0.25) is 0 Å². The summed E-state index contributed by atoms with van der Waals surface area (Å²) >= 11 is 1.73. The molecule has 21 heteroatoms. The number of phosphoric ester groups is 1. The maximum absolute atomic E-state index is 12.5. The molecule has 4 rings (SSSR count). The Labute approximate surface area is 241 Å². The summed E-state index contributed by atoms with van der Waals surface area (Å²) in [6.07, 6.45) is 1.39. The van der Waals surface area contributed by atoms with Gasteiger partial charge in [0.1, 0.15) is 18.3 Å². The number of nitrogens with zero attached hydrogens (tertiary/aromatic N) is 1. The number of nitrogens with one attached hydrogen (secondary N) is 2. The molecule has 0 spiro atoms. The number of aromatic nitrogens is 2. The summed E-state index contributed by atoms with van der Waals surface area (Å²) in [4.78, 5) is 56.4. The van der Waals surface area contributed by atoms with Crippen LogP contribution in [0.25, 0.3) is 0 Å². The summed E-state index contributed by atoms with van der Waals surface area (Å²) in [5.74, 6) is 0. The molecule has 2 saturated heterocycles. The minimum absolute atomic E-state index is 0.187. The van der Waals surface area contributed by atoms with Gasteiger partial charge in [-0.15, -0.1) is 0 Å². The number of H-pyrrole nitrogens is 1. The molecule has 0 radical (unpaired) electrons. The molecule has 1 saturated carbocycles. The van der Waals surface area contributed by atoms with E-state index in [1.54, 1.807) is 22.6 Å². The molecule has 228 valence electrons. The largest absolute Gasteiger partial charge is 0.489 e. The van der Waals surface area contributed by atoms with Gasteiger partial charge in [-0.25, -0.2) is 23.6 Å². The van der Waals surface area contributed by atoms with Gasteiger partial charge in [0.15, 0.2) is 12.5 Å². The van der Waals surface area contributed by atoms with Gasteiger partial charge < -0.3 is 28.9 Å². The highest BCUT2D eigenvalue weighted by Gasteiger charge is 2.54. The number of phosphoric acid groups is 2. The summed E-state index contributed by atoms with van der Waals surface area (Å²) in [5.41, 5.74) is -1.39. The van der Waals surface area contributed by atoms with E-state index in [0.717, 1.165) is 23.8 Å². The van der Waals surface area contributed by atoms with Gasteiger partial charge in [-0.3, -0.25) is 18.9 Å². The number of aromatic amines is 1. The summed E-state index contributed by atoms with van der Waals surface area (Å²) in [6, 6.07) is -0.439. The van der Waals surface area contributed by atoms with Crippen LogP contribution in [0.4, 0.5) is 0 Å². The number of hydrogen-bond donors (Lipinski definition) is 5. The van der Waals surface area contributed by atoms with Gasteiger partial charge in [0, 0.05) is 12.2 Å². The monoisotopic (exact) mass is 745 g/mol. The Morgan fingerprint density at radius 3 is 2.40 bits per heavy atom. The molecule has 0 bridgehead atoms. The number of rotatable bonds is 12. The van der Waals surface area contributed by atoms with Crippen molar-refractivity contribution in [2.24, 2.45) is 0 Å². The van der Waals surface area contributed by atoms with Crippen LogP contribution >= 0.6 is 46.0 Å². The molecule has 5 N–H and O–H groups in total. The van der Waals surface area contributed by atoms with E-state index in [1.165, 1.54) is 6.20 Å². The third-order valence-corrected chi connectivity index (χ3v) is 11.7. The highest BCUT2D eigenvalue weighted by atomic mass is 127. The topological polar surface area (TPSA) is 234 Å². The van der Waals surface area contributed by atoms with Crippen LogP contribution in [-0.4, -0.2) is 61.5 Å². The predicted octanol–water partition coefficient (Wildman–Crippen LogP) is 2.22. The first kappa shape index (κ1) is 32.6. The molecule has 3 aliphatic rings. The molecule has 1 aliphatic carbocycles. The lowest BCUT2D eigenvalue weighted by molar-refractivity contribution is -0.153. The molecule has 5 unspecified atom stereocenters. The molecule has 3 fully saturated rings. The van der Waals surface area contributed by atoms with Crippen LogP contribution in [0.15, 0.2) is 15.8 Å². The first-order chi connectivity index (χ1) is 18.7. The van der Waals surface area contributed by atoms with E-state index in [4.69, 9.17) is 18.7 Å². The first-order valence-corrected chi connectivity index (χ1v) is 18.1. The van der Waals surface area contributed by atoms with Crippen molar-refractivity contribution >= 4 is 46.0 Å². The van der Waals surface area contributed by atoms with Gasteiger partial charge >= 0.3 is 29.1 Å². The normalized spacial score (nSPS) is 31.8. The number of ether oxygens (including phenoxy) is 3. The van der Waals surface area contributed by atoms with Crippen molar-refractivity contribution in [3.8, 4) is 0 Å². The SMILES string of the molecule is CCCC1OC2[C@@H](O1)[C@@H](COP(=O)(O)OP(=O)(O)OP(=O)(O)NC1CCCCC1)O[C@H]2n1cc(I)c(=O)[nH]c1=O. The lowest BCUT2D eigenvalue weighted by Gasteiger charge is -2.26. The van der Waals surface area contributed by atoms with Crippen LogP contribution in [0.1, 0.15) is 58.1 Å². The Bertz CT molecular complexity index is 1320. The summed E-state index contributed by atoms with van der Waals surface area (Å²) in [6.45, 7) is 1.16. The fourth-order valence-electron chi connectivity index (χ4n) is 4.74. The second kappa shape index (κ2) is 13.1. The van der Waals surface area contributed by atoms with Gasteiger partial charge in [-0.2, -0.15) is 8.62 Å². The van der Waals surface area contributed by atoms with Crippen molar-refractivity contribution in [2.45, 2.75) is 88.7 Å². The average Bonchev–Trinajstić information content (AvgIpc) is 3.38. The highest BCUT2D eigenvalue weighted by Crippen LogP contribution is 2.66.